The number of aryl methyl sites for hydroxylation is 6. The fourth-order valence-corrected chi connectivity index (χ4v) is 6.87. The molecule has 0 spiro atoms. The molecule has 0 radical (unpaired) electrons. The molecule has 1 aromatic heterocycles. The van der Waals surface area contributed by atoms with Crippen molar-refractivity contribution in [3.63, 3.8) is 0 Å². The molecule has 6 aromatic carbocycles. The smallest absolute Gasteiger partial charge is 0.160 e. The molecule has 48 heavy (non-hydrogen) atoms. The number of nitrogens with zero attached hydrogens (tertiary/aromatic N) is 2. The first-order valence-electron chi connectivity index (χ1n) is 16.7. The van der Waals surface area contributed by atoms with E-state index in [1.54, 1.807) is 0 Å². The summed E-state index contributed by atoms with van der Waals surface area (Å²) in [5, 5.41) is 0. The Bertz CT molecular complexity index is 2000. The lowest BCUT2D eigenvalue weighted by molar-refractivity contribution is 1.16. The van der Waals surface area contributed by atoms with Gasteiger partial charge in [-0.2, -0.15) is 0 Å². The van der Waals surface area contributed by atoms with Crippen LogP contribution in [0.1, 0.15) is 33.4 Å². The van der Waals surface area contributed by atoms with Crippen molar-refractivity contribution in [3.05, 3.63) is 167 Å². The quantitative estimate of drug-likeness (QED) is 0.185. The van der Waals surface area contributed by atoms with Crippen molar-refractivity contribution in [1.29, 1.82) is 0 Å². The molecule has 0 atom stereocenters. The first-order valence-corrected chi connectivity index (χ1v) is 16.7. The van der Waals surface area contributed by atoms with E-state index in [0.717, 1.165) is 39.5 Å². The molecular formula is C46H40N2. The Kier molecular flexibility index (Phi) is 8.33. The van der Waals surface area contributed by atoms with Crippen LogP contribution >= 0.6 is 0 Å². The van der Waals surface area contributed by atoms with E-state index in [1.165, 1.54) is 61.2 Å². The van der Waals surface area contributed by atoms with Crippen LogP contribution in [0.4, 0.5) is 0 Å². The van der Waals surface area contributed by atoms with Crippen molar-refractivity contribution in [2.24, 2.45) is 0 Å². The Labute approximate surface area is 284 Å². The summed E-state index contributed by atoms with van der Waals surface area (Å²) >= 11 is 0. The van der Waals surface area contributed by atoms with Crippen LogP contribution in [0.3, 0.4) is 0 Å². The maximum atomic E-state index is 5.31. The summed E-state index contributed by atoms with van der Waals surface area (Å²) < 4.78 is 0. The predicted molar refractivity (Wildman–Crippen MR) is 203 cm³/mol. The summed E-state index contributed by atoms with van der Waals surface area (Å²) in [6.07, 6.45) is 0. The van der Waals surface area contributed by atoms with E-state index >= 15 is 0 Å². The zero-order chi connectivity index (χ0) is 33.4. The van der Waals surface area contributed by atoms with Gasteiger partial charge < -0.3 is 0 Å². The van der Waals surface area contributed by atoms with Gasteiger partial charge in [0.2, 0.25) is 0 Å². The van der Waals surface area contributed by atoms with Crippen molar-refractivity contribution in [1.82, 2.24) is 9.97 Å². The van der Waals surface area contributed by atoms with Gasteiger partial charge in [-0.3, -0.25) is 0 Å². The average Bonchev–Trinajstić information content (AvgIpc) is 3.11. The molecule has 7 aromatic rings. The zero-order valence-corrected chi connectivity index (χ0v) is 28.6. The highest BCUT2D eigenvalue weighted by molar-refractivity contribution is 5.82. The molecule has 0 unspecified atom stereocenters. The lowest BCUT2D eigenvalue weighted by atomic mass is 9.91. The number of hydrogen-bond acceptors (Lipinski definition) is 2. The molecule has 0 aliphatic heterocycles. The van der Waals surface area contributed by atoms with Gasteiger partial charge in [0.1, 0.15) is 0 Å². The highest BCUT2D eigenvalue weighted by Crippen LogP contribution is 2.38. The first kappa shape index (κ1) is 31.0. The second-order valence-corrected chi connectivity index (χ2v) is 13.0. The van der Waals surface area contributed by atoms with E-state index in [2.05, 4.69) is 175 Å². The molecule has 7 rings (SSSR count). The van der Waals surface area contributed by atoms with Crippen LogP contribution in [-0.4, -0.2) is 9.97 Å². The lowest BCUT2D eigenvalue weighted by Crippen LogP contribution is -2.01. The standard InChI is InChI=1S/C46H40N2/c1-29-25-41(32(4)22-38(29)35-16-10-7-11-17-35)44-28-45(42-26-30(2)39(23-33(42)5)36-18-12-8-13-19-36)48-46(47-44)43-27-31(3)40(24-34(43)6)37-20-14-9-15-21-37/h7-28H,1-6H3. The monoisotopic (exact) mass is 620 g/mol. The maximum absolute atomic E-state index is 5.31. The molecule has 0 amide bonds. The molecule has 2 nitrogen and oxygen atoms in total. The Morgan fingerprint density at radius 2 is 0.562 bits per heavy atom. The first-order chi connectivity index (χ1) is 23.3. The summed E-state index contributed by atoms with van der Waals surface area (Å²) in [4.78, 5) is 10.6. The molecule has 0 bridgehead atoms. The summed E-state index contributed by atoms with van der Waals surface area (Å²) in [5.41, 5.74) is 19.8. The van der Waals surface area contributed by atoms with Crippen LogP contribution in [0.25, 0.3) is 67.3 Å². The zero-order valence-electron chi connectivity index (χ0n) is 28.6. The van der Waals surface area contributed by atoms with Gasteiger partial charge in [-0.25, -0.2) is 9.97 Å². The van der Waals surface area contributed by atoms with Gasteiger partial charge in [0.25, 0.3) is 0 Å². The van der Waals surface area contributed by atoms with Gasteiger partial charge >= 0.3 is 0 Å². The molecule has 0 saturated carbocycles. The van der Waals surface area contributed by atoms with Gasteiger partial charge in [0, 0.05) is 16.7 Å². The molecule has 0 N–H and O–H groups in total. The third kappa shape index (κ3) is 5.98. The second-order valence-electron chi connectivity index (χ2n) is 13.0. The van der Waals surface area contributed by atoms with E-state index in [1.807, 2.05) is 0 Å². The highest BCUT2D eigenvalue weighted by atomic mass is 14.9. The average molecular weight is 621 g/mol. The van der Waals surface area contributed by atoms with Crippen molar-refractivity contribution >= 4 is 0 Å². The van der Waals surface area contributed by atoms with Gasteiger partial charge in [0.05, 0.1) is 11.4 Å². The van der Waals surface area contributed by atoms with Crippen molar-refractivity contribution in [3.8, 4) is 67.3 Å². The third-order valence-corrected chi connectivity index (χ3v) is 9.49. The third-order valence-electron chi connectivity index (χ3n) is 9.49. The molecule has 234 valence electrons. The highest BCUT2D eigenvalue weighted by Gasteiger charge is 2.18. The number of benzene rings is 6. The van der Waals surface area contributed by atoms with E-state index in [9.17, 15) is 0 Å². The summed E-state index contributed by atoms with van der Waals surface area (Å²) in [7, 11) is 0. The van der Waals surface area contributed by atoms with Gasteiger partial charge in [0.15, 0.2) is 5.82 Å². The molecule has 1 heterocycles. The largest absolute Gasteiger partial charge is 0.228 e. The maximum Gasteiger partial charge on any atom is 0.160 e. The van der Waals surface area contributed by atoms with E-state index < -0.39 is 0 Å². The Morgan fingerprint density at radius 1 is 0.292 bits per heavy atom. The van der Waals surface area contributed by atoms with Crippen LogP contribution < -0.4 is 0 Å². The van der Waals surface area contributed by atoms with Crippen LogP contribution in [0.15, 0.2) is 133 Å². The van der Waals surface area contributed by atoms with Crippen molar-refractivity contribution < 1.29 is 0 Å². The van der Waals surface area contributed by atoms with E-state index in [0.29, 0.717) is 0 Å². The van der Waals surface area contributed by atoms with Gasteiger partial charge in [-0.05, 0) is 133 Å². The molecule has 0 aliphatic carbocycles. The van der Waals surface area contributed by atoms with Crippen molar-refractivity contribution in [2.75, 3.05) is 0 Å². The molecule has 0 aliphatic rings. The molecule has 2 heteroatoms. The Hall–Kier alpha value is -5.60. The minimum atomic E-state index is 0.746. The fraction of sp³-hybridized carbons (Fsp3) is 0.130. The SMILES string of the molecule is Cc1cc(-c2cc(-c3cc(C)c(-c4ccccc4)cc3C)nc(-c3cc(C)c(-c4ccccc4)cc3C)n2)c(C)cc1-c1ccccc1. The predicted octanol–water partition coefficient (Wildman–Crippen LogP) is 12.3. The van der Waals surface area contributed by atoms with Crippen LogP contribution in [0, 0.1) is 41.5 Å². The van der Waals surface area contributed by atoms with Gasteiger partial charge in [-0.1, -0.05) is 109 Å². The molecule has 0 fully saturated rings. The lowest BCUT2D eigenvalue weighted by Gasteiger charge is -2.17. The fourth-order valence-electron chi connectivity index (χ4n) is 6.87. The Balaban J connectivity index is 1.42. The summed E-state index contributed by atoms with van der Waals surface area (Å²) in [6.45, 7) is 13.1. The number of aromatic nitrogens is 2. The molecule has 0 saturated heterocycles. The number of hydrogen-bond donors (Lipinski definition) is 0. The minimum absolute atomic E-state index is 0.746. The van der Waals surface area contributed by atoms with Crippen LogP contribution in [0.5, 0.6) is 0 Å². The minimum Gasteiger partial charge on any atom is -0.228 e. The van der Waals surface area contributed by atoms with Crippen LogP contribution in [-0.2, 0) is 0 Å². The molecular weight excluding hydrogens is 581 g/mol. The van der Waals surface area contributed by atoms with E-state index in [-0.39, 0.29) is 0 Å². The van der Waals surface area contributed by atoms with Crippen LogP contribution in [0.2, 0.25) is 0 Å². The van der Waals surface area contributed by atoms with Crippen molar-refractivity contribution in [2.45, 2.75) is 41.5 Å². The van der Waals surface area contributed by atoms with Gasteiger partial charge in [-0.15, -0.1) is 0 Å². The summed E-state index contributed by atoms with van der Waals surface area (Å²) in [5.74, 6) is 0.746. The Morgan fingerprint density at radius 3 is 0.917 bits per heavy atom. The van der Waals surface area contributed by atoms with E-state index in [4.69, 9.17) is 9.97 Å². The second kappa shape index (κ2) is 12.9. The summed E-state index contributed by atoms with van der Waals surface area (Å²) in [6, 6.07) is 47.7. The topological polar surface area (TPSA) is 25.8 Å². The number of rotatable bonds is 6. The normalized spacial score (nSPS) is 11.1.